The molecule has 2 N–H and O–H groups in total. The molecule has 0 saturated heterocycles. The Morgan fingerprint density at radius 1 is 1.14 bits per heavy atom. The summed E-state index contributed by atoms with van der Waals surface area (Å²) in [5.74, 6) is 5.26. The summed E-state index contributed by atoms with van der Waals surface area (Å²) >= 11 is 0. The summed E-state index contributed by atoms with van der Waals surface area (Å²) in [4.78, 5) is 0.217. The van der Waals surface area contributed by atoms with E-state index in [4.69, 9.17) is 5.11 Å². The first-order valence-corrected chi connectivity index (χ1v) is 7.79. The van der Waals surface area contributed by atoms with Crippen molar-refractivity contribution in [2.75, 3.05) is 11.3 Å². The molecule has 0 atom stereocenters. The first kappa shape index (κ1) is 15.1. The molecule has 0 aliphatic rings. The summed E-state index contributed by atoms with van der Waals surface area (Å²) in [6.07, 6.45) is 0. The highest BCUT2D eigenvalue weighted by atomic mass is 32.2. The van der Waals surface area contributed by atoms with Gasteiger partial charge in [0.05, 0.1) is 10.6 Å². The normalized spacial score (nSPS) is 10.6. The predicted octanol–water partition coefficient (Wildman–Crippen LogP) is 2.14. The highest BCUT2D eigenvalue weighted by Gasteiger charge is 2.14. The number of rotatable bonds is 3. The molecule has 0 saturated carbocycles. The van der Waals surface area contributed by atoms with Crippen LogP contribution in [0.3, 0.4) is 0 Å². The molecule has 2 rings (SSSR count). The van der Waals surface area contributed by atoms with Crippen LogP contribution < -0.4 is 4.72 Å². The van der Waals surface area contributed by atoms with Gasteiger partial charge in [-0.05, 0) is 42.8 Å². The number of hydrogen-bond acceptors (Lipinski definition) is 3. The Hall–Kier alpha value is -2.29. The minimum atomic E-state index is -3.62. The number of aliphatic hydroxyl groups excluding tert-OH is 1. The van der Waals surface area contributed by atoms with E-state index in [0.29, 0.717) is 11.3 Å². The zero-order valence-electron chi connectivity index (χ0n) is 11.5. The lowest BCUT2D eigenvalue weighted by Crippen LogP contribution is -2.13. The number of sulfonamides is 1. The molecule has 0 aromatic heterocycles. The maximum atomic E-state index is 12.3. The van der Waals surface area contributed by atoms with Crippen molar-refractivity contribution >= 4 is 15.7 Å². The Bertz CT molecular complexity index is 802. The average Bonchev–Trinajstić information content (AvgIpc) is 2.45. The first-order chi connectivity index (χ1) is 10.0. The van der Waals surface area contributed by atoms with Crippen LogP contribution in [0.5, 0.6) is 0 Å². The summed E-state index contributed by atoms with van der Waals surface area (Å²) in [6.45, 7) is 1.60. The van der Waals surface area contributed by atoms with Gasteiger partial charge in [0.15, 0.2) is 0 Å². The van der Waals surface area contributed by atoms with Crippen molar-refractivity contribution in [2.45, 2.75) is 11.8 Å². The average molecular weight is 301 g/mol. The molecule has 0 aliphatic carbocycles. The molecular formula is C16H15NO3S. The Morgan fingerprint density at radius 3 is 2.62 bits per heavy atom. The zero-order valence-corrected chi connectivity index (χ0v) is 12.3. The van der Waals surface area contributed by atoms with Crippen LogP contribution in [0.2, 0.25) is 0 Å². The van der Waals surface area contributed by atoms with Gasteiger partial charge >= 0.3 is 0 Å². The van der Waals surface area contributed by atoms with Gasteiger partial charge in [0.25, 0.3) is 10.0 Å². The summed E-state index contributed by atoms with van der Waals surface area (Å²) in [5, 5.41) is 8.67. The quantitative estimate of drug-likeness (QED) is 0.854. The molecule has 21 heavy (non-hydrogen) atoms. The third-order valence-electron chi connectivity index (χ3n) is 2.73. The maximum absolute atomic E-state index is 12.3. The SMILES string of the molecule is Cc1cccc(S(=O)(=O)Nc2cccc(C#CCO)c2)c1. The van der Waals surface area contributed by atoms with E-state index < -0.39 is 10.0 Å². The third kappa shape index (κ3) is 4.09. The number of nitrogens with one attached hydrogen (secondary N) is 1. The van der Waals surface area contributed by atoms with Crippen LogP contribution in [-0.2, 0) is 10.0 Å². The molecule has 0 spiro atoms. The summed E-state index contributed by atoms with van der Waals surface area (Å²) in [5.41, 5.74) is 1.94. The molecule has 108 valence electrons. The van der Waals surface area contributed by atoms with Gasteiger partial charge in [-0.2, -0.15) is 0 Å². The fourth-order valence-corrected chi connectivity index (χ4v) is 2.95. The highest BCUT2D eigenvalue weighted by molar-refractivity contribution is 7.92. The van der Waals surface area contributed by atoms with Crippen molar-refractivity contribution < 1.29 is 13.5 Å². The van der Waals surface area contributed by atoms with E-state index in [1.54, 1.807) is 42.5 Å². The predicted molar refractivity (Wildman–Crippen MR) is 82.4 cm³/mol. The lowest BCUT2D eigenvalue weighted by atomic mass is 10.2. The Morgan fingerprint density at radius 2 is 1.90 bits per heavy atom. The molecule has 4 nitrogen and oxygen atoms in total. The van der Waals surface area contributed by atoms with E-state index in [9.17, 15) is 8.42 Å². The van der Waals surface area contributed by atoms with Crippen molar-refractivity contribution in [2.24, 2.45) is 0 Å². The van der Waals surface area contributed by atoms with Crippen LogP contribution in [0.25, 0.3) is 0 Å². The van der Waals surface area contributed by atoms with Crippen LogP contribution in [0.4, 0.5) is 5.69 Å². The van der Waals surface area contributed by atoms with Crippen molar-refractivity contribution in [1.82, 2.24) is 0 Å². The van der Waals surface area contributed by atoms with Crippen molar-refractivity contribution in [3.05, 3.63) is 59.7 Å². The van der Waals surface area contributed by atoms with E-state index >= 15 is 0 Å². The van der Waals surface area contributed by atoms with E-state index in [1.165, 1.54) is 0 Å². The largest absolute Gasteiger partial charge is 0.384 e. The topological polar surface area (TPSA) is 66.4 Å². The second-order valence-electron chi connectivity index (χ2n) is 4.46. The fraction of sp³-hybridized carbons (Fsp3) is 0.125. The lowest BCUT2D eigenvalue weighted by Gasteiger charge is -2.09. The van der Waals surface area contributed by atoms with Crippen LogP contribution >= 0.6 is 0 Å². The molecule has 0 fully saturated rings. The van der Waals surface area contributed by atoms with Crippen LogP contribution in [-0.4, -0.2) is 20.1 Å². The van der Waals surface area contributed by atoms with Gasteiger partial charge in [-0.3, -0.25) is 4.72 Å². The van der Waals surface area contributed by atoms with Crippen LogP contribution in [0, 0.1) is 18.8 Å². The van der Waals surface area contributed by atoms with Crippen molar-refractivity contribution in [3.63, 3.8) is 0 Å². The van der Waals surface area contributed by atoms with Crippen molar-refractivity contribution in [1.29, 1.82) is 0 Å². The molecule has 2 aromatic carbocycles. The summed E-state index contributed by atoms with van der Waals surface area (Å²) in [7, 11) is -3.62. The highest BCUT2D eigenvalue weighted by Crippen LogP contribution is 2.17. The Kier molecular flexibility index (Phi) is 4.63. The molecule has 2 aromatic rings. The lowest BCUT2D eigenvalue weighted by molar-refractivity contribution is 0.350. The second kappa shape index (κ2) is 6.44. The van der Waals surface area contributed by atoms with E-state index in [2.05, 4.69) is 16.6 Å². The van der Waals surface area contributed by atoms with Gasteiger partial charge in [-0.15, -0.1) is 0 Å². The number of hydrogen-bond donors (Lipinski definition) is 2. The number of aliphatic hydroxyl groups is 1. The van der Waals surface area contributed by atoms with Crippen LogP contribution in [0.1, 0.15) is 11.1 Å². The van der Waals surface area contributed by atoms with Gasteiger partial charge < -0.3 is 5.11 Å². The molecule has 0 amide bonds. The van der Waals surface area contributed by atoms with Crippen molar-refractivity contribution in [3.8, 4) is 11.8 Å². The van der Waals surface area contributed by atoms with Crippen LogP contribution in [0.15, 0.2) is 53.4 Å². The van der Waals surface area contributed by atoms with E-state index in [1.807, 2.05) is 13.0 Å². The van der Waals surface area contributed by atoms with Gasteiger partial charge in [-0.25, -0.2) is 8.42 Å². The standard InChI is InChI=1S/C16H15NO3S/c1-13-5-2-9-16(11-13)21(19,20)17-15-8-3-6-14(12-15)7-4-10-18/h2-3,5-6,8-9,11-12,17-18H,10H2,1H3. The first-order valence-electron chi connectivity index (χ1n) is 6.30. The molecule has 0 bridgehead atoms. The fourth-order valence-electron chi connectivity index (χ4n) is 1.80. The smallest absolute Gasteiger partial charge is 0.261 e. The van der Waals surface area contributed by atoms with Gasteiger partial charge in [0.1, 0.15) is 6.61 Å². The van der Waals surface area contributed by atoms with E-state index in [0.717, 1.165) is 5.56 Å². The summed E-state index contributed by atoms with van der Waals surface area (Å²) < 4.78 is 27.1. The Balaban J connectivity index is 2.29. The van der Waals surface area contributed by atoms with Gasteiger partial charge in [-0.1, -0.05) is 30.0 Å². The Labute approximate surface area is 124 Å². The second-order valence-corrected chi connectivity index (χ2v) is 6.15. The third-order valence-corrected chi connectivity index (χ3v) is 4.11. The molecule has 0 unspecified atom stereocenters. The molecule has 0 radical (unpaired) electrons. The number of aryl methyl sites for hydroxylation is 1. The van der Waals surface area contributed by atoms with Gasteiger partial charge in [0.2, 0.25) is 0 Å². The molecule has 0 aliphatic heterocycles. The molecule has 5 heteroatoms. The zero-order chi connectivity index (χ0) is 15.3. The van der Waals surface area contributed by atoms with E-state index in [-0.39, 0.29) is 11.5 Å². The summed E-state index contributed by atoms with van der Waals surface area (Å²) in [6, 6.07) is 13.4. The number of benzene rings is 2. The monoisotopic (exact) mass is 301 g/mol. The number of anilines is 1. The minimum absolute atomic E-state index is 0.217. The molecular weight excluding hydrogens is 286 g/mol. The maximum Gasteiger partial charge on any atom is 0.261 e. The van der Waals surface area contributed by atoms with Gasteiger partial charge in [0, 0.05) is 5.56 Å². The molecule has 0 heterocycles. The minimum Gasteiger partial charge on any atom is -0.384 e.